The van der Waals surface area contributed by atoms with Gasteiger partial charge in [0.15, 0.2) is 0 Å². The molecule has 1 heterocycles. The number of likely N-dealkylation sites (tertiary alicyclic amines) is 1. The number of anilines is 1. The van der Waals surface area contributed by atoms with Gasteiger partial charge in [0.25, 0.3) is 0 Å². The van der Waals surface area contributed by atoms with Gasteiger partial charge in [0, 0.05) is 22.7 Å². The van der Waals surface area contributed by atoms with E-state index in [1.807, 2.05) is 12.1 Å². The summed E-state index contributed by atoms with van der Waals surface area (Å²) in [7, 11) is 0. The molecule has 0 saturated carbocycles. The van der Waals surface area contributed by atoms with E-state index < -0.39 is 0 Å². The fourth-order valence-electron chi connectivity index (χ4n) is 2.51. The number of halogens is 1. The van der Waals surface area contributed by atoms with E-state index >= 15 is 0 Å². The second-order valence-corrected chi connectivity index (χ2v) is 5.78. The molecular formula is C14H21BrN2. The molecular weight excluding hydrogens is 276 g/mol. The highest BCUT2D eigenvalue weighted by Gasteiger charge is 2.18. The second-order valence-electron chi connectivity index (χ2n) is 4.99. The Labute approximate surface area is 112 Å². The highest BCUT2D eigenvalue weighted by molar-refractivity contribution is 9.10. The summed E-state index contributed by atoms with van der Waals surface area (Å²) in [6.45, 7) is 4.56. The van der Waals surface area contributed by atoms with Crippen molar-refractivity contribution in [3.8, 4) is 0 Å². The lowest BCUT2D eigenvalue weighted by molar-refractivity contribution is 0.204. The third-order valence-electron chi connectivity index (χ3n) is 3.67. The van der Waals surface area contributed by atoms with Crippen molar-refractivity contribution in [2.24, 2.45) is 0 Å². The summed E-state index contributed by atoms with van der Waals surface area (Å²) in [5.74, 6) is 0. The van der Waals surface area contributed by atoms with E-state index in [9.17, 15) is 0 Å². The van der Waals surface area contributed by atoms with Gasteiger partial charge in [0.2, 0.25) is 0 Å². The summed E-state index contributed by atoms with van der Waals surface area (Å²) in [5, 5.41) is 0. The smallest absolute Gasteiger partial charge is 0.0461 e. The van der Waals surface area contributed by atoms with Crippen LogP contribution in [0.4, 0.5) is 5.69 Å². The van der Waals surface area contributed by atoms with Gasteiger partial charge >= 0.3 is 0 Å². The van der Waals surface area contributed by atoms with E-state index in [1.165, 1.54) is 37.8 Å². The zero-order chi connectivity index (χ0) is 12.3. The standard InChI is InChI=1S/C14H21BrN2/c1-11-6-3-2-4-9-17(11)10-12-7-5-8-13(16)14(12)15/h5,7-8,11H,2-4,6,9-10,16H2,1H3. The first-order chi connectivity index (χ1) is 8.18. The average molecular weight is 297 g/mol. The lowest BCUT2D eigenvalue weighted by Gasteiger charge is -2.27. The van der Waals surface area contributed by atoms with Crippen LogP contribution in [0.5, 0.6) is 0 Å². The molecule has 0 radical (unpaired) electrons. The monoisotopic (exact) mass is 296 g/mol. The van der Waals surface area contributed by atoms with Gasteiger partial charge in [-0.3, -0.25) is 4.90 Å². The van der Waals surface area contributed by atoms with Crippen LogP contribution in [-0.2, 0) is 6.54 Å². The normalized spacial score (nSPS) is 22.4. The van der Waals surface area contributed by atoms with Crippen LogP contribution >= 0.6 is 15.9 Å². The lowest BCUT2D eigenvalue weighted by Crippen LogP contribution is -2.32. The molecule has 1 saturated heterocycles. The summed E-state index contributed by atoms with van der Waals surface area (Å²) < 4.78 is 1.07. The third kappa shape index (κ3) is 3.23. The molecule has 1 unspecified atom stereocenters. The molecule has 1 aromatic rings. The Hall–Kier alpha value is -0.540. The zero-order valence-corrected chi connectivity index (χ0v) is 12.0. The molecule has 0 aromatic heterocycles. The molecule has 2 N–H and O–H groups in total. The van der Waals surface area contributed by atoms with Gasteiger partial charge in [-0.15, -0.1) is 0 Å². The molecule has 1 atom stereocenters. The van der Waals surface area contributed by atoms with Gasteiger partial charge in [0.1, 0.15) is 0 Å². The number of nitrogens with zero attached hydrogens (tertiary/aromatic N) is 1. The van der Waals surface area contributed by atoms with Crippen LogP contribution in [0.1, 0.15) is 38.2 Å². The van der Waals surface area contributed by atoms with E-state index in [2.05, 4.69) is 33.8 Å². The average Bonchev–Trinajstić information content (AvgIpc) is 2.51. The number of nitrogens with two attached hydrogens (primary N) is 1. The van der Waals surface area contributed by atoms with Gasteiger partial charge in [0.05, 0.1) is 0 Å². The summed E-state index contributed by atoms with van der Waals surface area (Å²) in [5.41, 5.74) is 8.07. The quantitative estimate of drug-likeness (QED) is 0.841. The van der Waals surface area contributed by atoms with Crippen LogP contribution in [0.3, 0.4) is 0 Å². The number of nitrogen functional groups attached to an aromatic ring is 1. The highest BCUT2D eigenvalue weighted by atomic mass is 79.9. The van der Waals surface area contributed by atoms with Crippen LogP contribution in [0.15, 0.2) is 22.7 Å². The maximum Gasteiger partial charge on any atom is 0.0461 e. The topological polar surface area (TPSA) is 29.3 Å². The predicted octanol–water partition coefficient (Wildman–Crippen LogP) is 3.80. The van der Waals surface area contributed by atoms with Crippen LogP contribution < -0.4 is 5.73 Å². The van der Waals surface area contributed by atoms with Gasteiger partial charge in [-0.2, -0.15) is 0 Å². The molecule has 1 aromatic carbocycles. The number of benzene rings is 1. The van der Waals surface area contributed by atoms with E-state index in [4.69, 9.17) is 5.73 Å². The first-order valence-electron chi connectivity index (χ1n) is 6.45. The van der Waals surface area contributed by atoms with Crippen molar-refractivity contribution < 1.29 is 0 Å². The Morgan fingerprint density at radius 3 is 3.00 bits per heavy atom. The van der Waals surface area contributed by atoms with E-state index in [0.29, 0.717) is 6.04 Å². The zero-order valence-electron chi connectivity index (χ0n) is 10.5. The molecule has 1 fully saturated rings. The molecule has 3 heteroatoms. The SMILES string of the molecule is CC1CCCCCN1Cc1cccc(N)c1Br. The van der Waals surface area contributed by atoms with Crippen molar-refractivity contribution in [3.63, 3.8) is 0 Å². The van der Waals surface area contributed by atoms with Crippen molar-refractivity contribution in [1.82, 2.24) is 4.90 Å². The van der Waals surface area contributed by atoms with Gasteiger partial charge in [-0.05, 0) is 53.9 Å². The highest BCUT2D eigenvalue weighted by Crippen LogP contribution is 2.27. The van der Waals surface area contributed by atoms with Crippen molar-refractivity contribution in [3.05, 3.63) is 28.2 Å². The van der Waals surface area contributed by atoms with Gasteiger partial charge in [-0.25, -0.2) is 0 Å². The number of hydrogen-bond donors (Lipinski definition) is 1. The lowest BCUT2D eigenvalue weighted by atomic mass is 10.1. The largest absolute Gasteiger partial charge is 0.398 e. The first kappa shape index (κ1) is 12.9. The van der Waals surface area contributed by atoms with Gasteiger partial charge < -0.3 is 5.73 Å². The molecule has 2 rings (SSSR count). The van der Waals surface area contributed by atoms with Crippen molar-refractivity contribution in [2.45, 2.75) is 45.2 Å². The van der Waals surface area contributed by atoms with Crippen LogP contribution in [0, 0.1) is 0 Å². The van der Waals surface area contributed by atoms with E-state index in [-0.39, 0.29) is 0 Å². The Morgan fingerprint density at radius 2 is 2.18 bits per heavy atom. The minimum atomic E-state index is 0.686. The maximum atomic E-state index is 5.93. The van der Waals surface area contributed by atoms with Crippen molar-refractivity contribution >= 4 is 21.6 Å². The van der Waals surface area contributed by atoms with Crippen LogP contribution in [0.2, 0.25) is 0 Å². The predicted molar refractivity (Wildman–Crippen MR) is 76.9 cm³/mol. The molecule has 0 aliphatic carbocycles. The molecule has 1 aliphatic heterocycles. The summed E-state index contributed by atoms with van der Waals surface area (Å²) >= 11 is 3.59. The minimum Gasteiger partial charge on any atom is -0.398 e. The van der Waals surface area contributed by atoms with Crippen molar-refractivity contribution in [2.75, 3.05) is 12.3 Å². The molecule has 0 bridgehead atoms. The van der Waals surface area contributed by atoms with E-state index in [1.54, 1.807) is 0 Å². The Balaban J connectivity index is 2.10. The Bertz CT molecular complexity index is 378. The summed E-state index contributed by atoms with van der Waals surface area (Å²) in [6, 6.07) is 6.83. The molecule has 1 aliphatic rings. The summed E-state index contributed by atoms with van der Waals surface area (Å²) in [4.78, 5) is 2.58. The number of hydrogen-bond acceptors (Lipinski definition) is 2. The molecule has 0 amide bonds. The maximum absolute atomic E-state index is 5.93. The Kier molecular flexibility index (Phi) is 4.46. The number of rotatable bonds is 2. The molecule has 94 valence electrons. The fourth-order valence-corrected chi connectivity index (χ4v) is 2.90. The second kappa shape index (κ2) is 5.87. The minimum absolute atomic E-state index is 0.686. The van der Waals surface area contributed by atoms with Gasteiger partial charge in [-0.1, -0.05) is 25.0 Å². The van der Waals surface area contributed by atoms with Crippen molar-refractivity contribution in [1.29, 1.82) is 0 Å². The first-order valence-corrected chi connectivity index (χ1v) is 7.24. The molecule has 0 spiro atoms. The van der Waals surface area contributed by atoms with Crippen LogP contribution in [0.25, 0.3) is 0 Å². The third-order valence-corrected chi connectivity index (χ3v) is 4.64. The molecule has 17 heavy (non-hydrogen) atoms. The summed E-state index contributed by atoms with van der Waals surface area (Å²) in [6.07, 6.45) is 5.39. The Morgan fingerprint density at radius 1 is 1.35 bits per heavy atom. The van der Waals surface area contributed by atoms with Crippen LogP contribution in [-0.4, -0.2) is 17.5 Å². The molecule has 2 nitrogen and oxygen atoms in total. The fraction of sp³-hybridized carbons (Fsp3) is 0.571. The van der Waals surface area contributed by atoms with E-state index in [0.717, 1.165) is 16.7 Å².